The monoisotopic (exact) mass is 244 g/mol. The molecule has 0 unspecified atom stereocenters. The summed E-state index contributed by atoms with van der Waals surface area (Å²) in [5.41, 5.74) is 1.34. The summed E-state index contributed by atoms with van der Waals surface area (Å²) in [6.07, 6.45) is 2.50. The van der Waals surface area contributed by atoms with Crippen molar-refractivity contribution in [2.75, 3.05) is 13.7 Å². The Kier molecular flexibility index (Phi) is 3.77. The molecule has 0 aliphatic heterocycles. The lowest BCUT2D eigenvalue weighted by molar-refractivity contribution is 0.0953. The Morgan fingerprint density at radius 2 is 2.28 bits per heavy atom. The first-order valence-electron chi connectivity index (χ1n) is 5.97. The van der Waals surface area contributed by atoms with Gasteiger partial charge in [0.1, 0.15) is 11.3 Å². The molecular weight excluding hydrogens is 228 g/mol. The number of hydrogen-bond acceptors (Lipinski definition) is 3. The molecule has 0 aliphatic rings. The molecule has 2 aromatic rings. The fourth-order valence-corrected chi connectivity index (χ4v) is 1.76. The highest BCUT2D eigenvalue weighted by molar-refractivity contribution is 5.98. The zero-order valence-electron chi connectivity index (χ0n) is 10.6. The van der Waals surface area contributed by atoms with Crippen LogP contribution in [0.4, 0.5) is 0 Å². The Labute approximate surface area is 106 Å². The number of rotatable bonds is 4. The number of para-hydroxylation sites is 1. The molecule has 0 radical (unpaired) electrons. The fraction of sp³-hybridized carbons (Fsp3) is 0.286. The Balaban J connectivity index is 2.36. The number of aromatic nitrogens is 1. The van der Waals surface area contributed by atoms with Crippen LogP contribution in [0, 0.1) is 0 Å². The number of carbonyl (C=O) groups is 1. The third kappa shape index (κ3) is 2.42. The molecule has 1 aromatic carbocycles. The minimum Gasteiger partial charge on any atom is -0.494 e. The zero-order valence-corrected chi connectivity index (χ0v) is 10.6. The maximum Gasteiger partial charge on any atom is 0.252 e. The van der Waals surface area contributed by atoms with Crippen LogP contribution >= 0.6 is 0 Å². The fourth-order valence-electron chi connectivity index (χ4n) is 1.76. The van der Waals surface area contributed by atoms with Gasteiger partial charge in [-0.2, -0.15) is 0 Å². The summed E-state index contributed by atoms with van der Waals surface area (Å²) in [5.74, 6) is 0.627. The van der Waals surface area contributed by atoms with E-state index < -0.39 is 0 Å². The largest absolute Gasteiger partial charge is 0.494 e. The number of ether oxygens (including phenoxy) is 1. The van der Waals surface area contributed by atoms with Crippen molar-refractivity contribution in [1.82, 2.24) is 10.3 Å². The van der Waals surface area contributed by atoms with E-state index in [4.69, 9.17) is 4.74 Å². The van der Waals surface area contributed by atoms with Crippen LogP contribution in [0.2, 0.25) is 0 Å². The molecule has 0 saturated carbocycles. The second-order valence-electron chi connectivity index (χ2n) is 4.01. The molecule has 0 saturated heterocycles. The lowest BCUT2D eigenvalue weighted by Crippen LogP contribution is -2.24. The van der Waals surface area contributed by atoms with Gasteiger partial charge in [-0.25, -0.2) is 0 Å². The van der Waals surface area contributed by atoms with Crippen molar-refractivity contribution in [2.24, 2.45) is 0 Å². The van der Waals surface area contributed by atoms with Crippen LogP contribution in [0.1, 0.15) is 23.7 Å². The van der Waals surface area contributed by atoms with Crippen LogP contribution in [0.5, 0.6) is 5.75 Å². The van der Waals surface area contributed by atoms with Crippen LogP contribution in [0.3, 0.4) is 0 Å². The molecule has 4 nitrogen and oxygen atoms in total. The summed E-state index contributed by atoms with van der Waals surface area (Å²) in [7, 11) is 1.61. The maximum atomic E-state index is 11.8. The summed E-state index contributed by atoms with van der Waals surface area (Å²) < 4.78 is 5.23. The van der Waals surface area contributed by atoms with Gasteiger partial charge in [-0.05, 0) is 18.6 Å². The minimum absolute atomic E-state index is 0.0888. The van der Waals surface area contributed by atoms with E-state index in [0.717, 1.165) is 17.3 Å². The van der Waals surface area contributed by atoms with Crippen LogP contribution in [-0.2, 0) is 0 Å². The van der Waals surface area contributed by atoms with Crippen molar-refractivity contribution in [3.8, 4) is 5.75 Å². The van der Waals surface area contributed by atoms with Gasteiger partial charge in [-0.3, -0.25) is 9.78 Å². The third-order valence-electron chi connectivity index (χ3n) is 2.69. The summed E-state index contributed by atoms with van der Waals surface area (Å²) in [5, 5.41) is 3.73. The normalized spacial score (nSPS) is 10.3. The molecule has 1 amide bonds. The molecule has 0 aliphatic carbocycles. The first kappa shape index (κ1) is 12.4. The SMILES string of the molecule is CCCNC(=O)c1cnc2c(OC)cccc2c1. The molecule has 0 bridgehead atoms. The minimum atomic E-state index is -0.0888. The van der Waals surface area contributed by atoms with Crippen molar-refractivity contribution in [1.29, 1.82) is 0 Å². The van der Waals surface area contributed by atoms with E-state index in [1.54, 1.807) is 13.3 Å². The second kappa shape index (κ2) is 5.49. The highest BCUT2D eigenvalue weighted by atomic mass is 16.5. The lowest BCUT2D eigenvalue weighted by atomic mass is 10.1. The number of nitrogens with zero attached hydrogens (tertiary/aromatic N) is 1. The zero-order chi connectivity index (χ0) is 13.0. The van der Waals surface area contributed by atoms with Gasteiger partial charge in [0.25, 0.3) is 5.91 Å². The smallest absolute Gasteiger partial charge is 0.252 e. The Bertz CT molecular complexity index is 567. The quantitative estimate of drug-likeness (QED) is 0.898. The number of methoxy groups -OCH3 is 1. The molecule has 1 N–H and O–H groups in total. The van der Waals surface area contributed by atoms with E-state index in [9.17, 15) is 4.79 Å². The molecule has 0 fully saturated rings. The summed E-state index contributed by atoms with van der Waals surface area (Å²) in [6, 6.07) is 7.49. The van der Waals surface area contributed by atoms with Crippen molar-refractivity contribution < 1.29 is 9.53 Å². The highest BCUT2D eigenvalue weighted by Crippen LogP contribution is 2.23. The van der Waals surface area contributed by atoms with Gasteiger partial charge in [0, 0.05) is 18.1 Å². The third-order valence-corrected chi connectivity index (χ3v) is 2.69. The molecule has 2 rings (SSSR count). The maximum absolute atomic E-state index is 11.8. The Morgan fingerprint density at radius 1 is 1.44 bits per heavy atom. The van der Waals surface area contributed by atoms with Crippen molar-refractivity contribution in [3.05, 3.63) is 36.0 Å². The molecule has 94 valence electrons. The number of amides is 1. The first-order valence-corrected chi connectivity index (χ1v) is 5.97. The van der Waals surface area contributed by atoms with Gasteiger partial charge in [0.05, 0.1) is 12.7 Å². The van der Waals surface area contributed by atoms with E-state index in [1.807, 2.05) is 31.2 Å². The molecule has 1 aromatic heterocycles. The van der Waals surface area contributed by atoms with Crippen molar-refractivity contribution in [3.63, 3.8) is 0 Å². The van der Waals surface area contributed by atoms with Gasteiger partial charge in [-0.1, -0.05) is 19.1 Å². The summed E-state index contributed by atoms with van der Waals surface area (Å²) in [4.78, 5) is 16.1. The number of fused-ring (bicyclic) bond motifs is 1. The standard InChI is InChI=1S/C14H16N2O2/c1-3-7-15-14(17)11-8-10-5-4-6-12(18-2)13(10)16-9-11/h4-6,8-9H,3,7H2,1-2H3,(H,15,17). The molecule has 4 heteroatoms. The highest BCUT2D eigenvalue weighted by Gasteiger charge is 2.08. The molecular formula is C14H16N2O2. The van der Waals surface area contributed by atoms with Crippen LogP contribution in [0.25, 0.3) is 10.9 Å². The number of nitrogens with one attached hydrogen (secondary N) is 1. The number of benzene rings is 1. The van der Waals surface area contributed by atoms with Gasteiger partial charge < -0.3 is 10.1 Å². The van der Waals surface area contributed by atoms with Gasteiger partial charge in [0.15, 0.2) is 0 Å². The Morgan fingerprint density at radius 3 is 3.00 bits per heavy atom. The van der Waals surface area contributed by atoms with Crippen molar-refractivity contribution >= 4 is 16.8 Å². The van der Waals surface area contributed by atoms with Crippen LogP contribution in [-0.4, -0.2) is 24.5 Å². The van der Waals surface area contributed by atoms with E-state index in [-0.39, 0.29) is 5.91 Å². The molecule has 18 heavy (non-hydrogen) atoms. The lowest BCUT2D eigenvalue weighted by Gasteiger charge is -2.07. The molecule has 0 spiro atoms. The number of carbonyl (C=O) groups excluding carboxylic acids is 1. The van der Waals surface area contributed by atoms with E-state index in [0.29, 0.717) is 17.9 Å². The predicted octanol–water partition coefficient (Wildman–Crippen LogP) is 2.38. The first-order chi connectivity index (χ1) is 8.76. The van der Waals surface area contributed by atoms with Gasteiger partial charge in [-0.15, -0.1) is 0 Å². The topological polar surface area (TPSA) is 51.2 Å². The van der Waals surface area contributed by atoms with E-state index in [1.165, 1.54) is 0 Å². The number of pyridine rings is 1. The average Bonchev–Trinajstić information content (AvgIpc) is 2.43. The predicted molar refractivity (Wildman–Crippen MR) is 70.9 cm³/mol. The van der Waals surface area contributed by atoms with Gasteiger partial charge in [0.2, 0.25) is 0 Å². The summed E-state index contributed by atoms with van der Waals surface area (Å²) >= 11 is 0. The molecule has 1 heterocycles. The Hall–Kier alpha value is -2.10. The second-order valence-corrected chi connectivity index (χ2v) is 4.01. The van der Waals surface area contributed by atoms with Crippen LogP contribution in [0.15, 0.2) is 30.5 Å². The average molecular weight is 244 g/mol. The van der Waals surface area contributed by atoms with E-state index in [2.05, 4.69) is 10.3 Å². The van der Waals surface area contributed by atoms with Crippen molar-refractivity contribution in [2.45, 2.75) is 13.3 Å². The van der Waals surface area contributed by atoms with Crippen LogP contribution < -0.4 is 10.1 Å². The van der Waals surface area contributed by atoms with E-state index >= 15 is 0 Å². The van der Waals surface area contributed by atoms with Gasteiger partial charge >= 0.3 is 0 Å². The number of hydrogen-bond donors (Lipinski definition) is 1. The summed E-state index contributed by atoms with van der Waals surface area (Å²) in [6.45, 7) is 2.69. The molecule has 0 atom stereocenters.